The van der Waals surface area contributed by atoms with Crippen molar-refractivity contribution in [2.45, 2.75) is 106 Å². The summed E-state index contributed by atoms with van der Waals surface area (Å²) in [6.07, 6.45) is 6.82. The van der Waals surface area contributed by atoms with Gasteiger partial charge in [-0.25, -0.2) is 0 Å². The zero-order valence-electron chi connectivity index (χ0n) is 26.3. The topological polar surface area (TPSA) is 50.2 Å². The van der Waals surface area contributed by atoms with Crippen LogP contribution >= 0.6 is 0 Å². The van der Waals surface area contributed by atoms with E-state index in [2.05, 4.69) is 89.0 Å². The summed E-state index contributed by atoms with van der Waals surface area (Å²) in [5, 5.41) is 12.2. The average Bonchev–Trinajstić information content (AvgIpc) is 2.89. The van der Waals surface area contributed by atoms with Crippen molar-refractivity contribution in [1.82, 2.24) is 4.98 Å². The molecule has 0 spiro atoms. The summed E-state index contributed by atoms with van der Waals surface area (Å²) in [5.41, 5.74) is 6.08. The minimum atomic E-state index is 0. The minimum Gasteiger partial charge on any atom is -0.512 e. The van der Waals surface area contributed by atoms with Crippen molar-refractivity contribution in [3.8, 4) is 11.3 Å². The van der Waals surface area contributed by atoms with Gasteiger partial charge < -0.3 is 10.1 Å². The fraction of sp³-hybridized carbons (Fsp3) is 0.500. The van der Waals surface area contributed by atoms with E-state index in [0.717, 1.165) is 42.5 Å². The average molecular weight is 721 g/mol. The quantitative estimate of drug-likeness (QED) is 0.136. The first-order chi connectivity index (χ1) is 18.4. The van der Waals surface area contributed by atoms with E-state index >= 15 is 0 Å². The summed E-state index contributed by atoms with van der Waals surface area (Å²) in [7, 11) is 0. The van der Waals surface area contributed by atoms with Gasteiger partial charge in [-0.2, -0.15) is 0 Å². The molecule has 0 saturated heterocycles. The second-order valence-electron chi connectivity index (χ2n) is 12.0. The summed E-state index contributed by atoms with van der Waals surface area (Å²) in [4.78, 5) is 16.4. The third kappa shape index (κ3) is 9.67. The Morgan fingerprint density at radius 1 is 0.950 bits per heavy atom. The Bertz CT molecular complexity index is 1260. The smallest absolute Gasteiger partial charge is 0.162 e. The Hall–Kier alpha value is -2.29. The van der Waals surface area contributed by atoms with Crippen LogP contribution in [0.1, 0.15) is 111 Å². The monoisotopic (exact) mass is 721 g/mol. The second kappa shape index (κ2) is 16.2. The third-order valence-corrected chi connectivity index (χ3v) is 7.66. The maximum atomic E-state index is 11.7. The maximum Gasteiger partial charge on any atom is 0.162 e. The van der Waals surface area contributed by atoms with E-state index in [4.69, 9.17) is 0 Å². The van der Waals surface area contributed by atoms with E-state index in [1.54, 1.807) is 0 Å². The molecule has 1 N–H and O–H groups in total. The fourth-order valence-corrected chi connectivity index (χ4v) is 4.83. The molecule has 0 aliphatic heterocycles. The molecule has 0 atom stereocenters. The number of hydrogen-bond donors (Lipinski definition) is 1. The molecule has 3 nitrogen and oxygen atoms in total. The summed E-state index contributed by atoms with van der Waals surface area (Å²) in [6, 6.07) is 16.8. The van der Waals surface area contributed by atoms with Crippen LogP contribution < -0.4 is 0 Å². The van der Waals surface area contributed by atoms with Crippen molar-refractivity contribution in [2.24, 2.45) is 11.8 Å². The van der Waals surface area contributed by atoms with Crippen molar-refractivity contribution in [3.05, 3.63) is 77.2 Å². The largest absolute Gasteiger partial charge is 0.512 e. The van der Waals surface area contributed by atoms with Gasteiger partial charge in [0, 0.05) is 44.2 Å². The number of fused-ring (bicyclic) bond motifs is 1. The molecule has 4 heteroatoms. The Kier molecular flexibility index (Phi) is 14.5. The number of aromatic nitrogens is 1. The van der Waals surface area contributed by atoms with Crippen LogP contribution in [0.4, 0.5) is 0 Å². The number of allylic oxidation sites excluding steroid dienone is 2. The van der Waals surface area contributed by atoms with Crippen LogP contribution in [0.2, 0.25) is 0 Å². The predicted molar refractivity (Wildman–Crippen MR) is 167 cm³/mol. The predicted octanol–water partition coefficient (Wildman–Crippen LogP) is 10.3. The number of aliphatic hydroxyl groups excluding tert-OH is 1. The van der Waals surface area contributed by atoms with E-state index in [0.29, 0.717) is 5.92 Å². The Balaban J connectivity index is 0.000000437. The number of nitrogens with zero attached hydrogens (tertiary/aromatic N) is 1. The van der Waals surface area contributed by atoms with Crippen molar-refractivity contribution >= 4 is 16.6 Å². The first kappa shape index (κ1) is 35.7. The summed E-state index contributed by atoms with van der Waals surface area (Å²) in [5.74, 6) is 1.08. The van der Waals surface area contributed by atoms with Gasteiger partial charge in [0.25, 0.3) is 0 Å². The Morgan fingerprint density at radius 2 is 1.55 bits per heavy atom. The standard InChI is InChI=1S/C23H26N.C13H24O2.Ir/c1-15(2)17-7-8-21-18(13-17)9-10-24-22(21)19-11-16(3)12-20(14-19)23(4,5)6;1-5-10(6-2)12(14)9-13(15)11(7-3)8-4;/h7-10,12-15H,1-6H3;9-11,14H,5-8H2,1-4H3;/q-1;;/b;12-9-;. The molecule has 221 valence electrons. The van der Waals surface area contributed by atoms with Crippen LogP contribution in [-0.4, -0.2) is 15.9 Å². The van der Waals surface area contributed by atoms with Gasteiger partial charge in [0.2, 0.25) is 0 Å². The van der Waals surface area contributed by atoms with E-state index < -0.39 is 0 Å². The van der Waals surface area contributed by atoms with Gasteiger partial charge in [-0.15, -0.1) is 34.9 Å². The Morgan fingerprint density at radius 3 is 2.08 bits per heavy atom. The van der Waals surface area contributed by atoms with Gasteiger partial charge >= 0.3 is 0 Å². The summed E-state index contributed by atoms with van der Waals surface area (Å²) >= 11 is 0. The molecule has 0 unspecified atom stereocenters. The maximum absolute atomic E-state index is 11.7. The van der Waals surface area contributed by atoms with Crippen molar-refractivity contribution in [3.63, 3.8) is 0 Å². The third-order valence-electron chi connectivity index (χ3n) is 7.66. The molecule has 1 radical (unpaired) electrons. The molecule has 3 aromatic rings. The van der Waals surface area contributed by atoms with Crippen LogP contribution in [0.3, 0.4) is 0 Å². The van der Waals surface area contributed by atoms with Gasteiger partial charge in [-0.3, -0.25) is 4.79 Å². The van der Waals surface area contributed by atoms with Crippen LogP contribution in [-0.2, 0) is 30.3 Å². The molecular weight excluding hydrogens is 671 g/mol. The zero-order valence-corrected chi connectivity index (χ0v) is 28.7. The molecule has 1 aromatic heterocycles. The molecule has 0 amide bonds. The Labute approximate surface area is 257 Å². The van der Waals surface area contributed by atoms with Crippen molar-refractivity contribution in [1.29, 1.82) is 0 Å². The van der Waals surface area contributed by atoms with E-state index in [-0.39, 0.29) is 48.9 Å². The van der Waals surface area contributed by atoms with Gasteiger partial charge in [0.15, 0.2) is 5.78 Å². The van der Waals surface area contributed by atoms with Crippen molar-refractivity contribution in [2.75, 3.05) is 0 Å². The van der Waals surface area contributed by atoms with E-state index in [1.807, 2.05) is 33.9 Å². The molecule has 0 aliphatic carbocycles. The zero-order chi connectivity index (χ0) is 29.3. The SMILES string of the molecule is CCC(CC)C(=O)/C=C(\O)C(CC)CC.Cc1[c-]c(-c2nccc3cc(C(C)C)ccc23)cc(C(C)(C)C)c1.[Ir]. The number of rotatable bonds is 9. The number of pyridine rings is 1. The first-order valence-corrected chi connectivity index (χ1v) is 14.7. The molecule has 40 heavy (non-hydrogen) atoms. The molecule has 0 bridgehead atoms. The number of carbonyl (C=O) groups is 1. The molecule has 1 heterocycles. The van der Waals surface area contributed by atoms with Crippen LogP contribution in [0.5, 0.6) is 0 Å². The number of aryl methyl sites for hydroxylation is 1. The molecule has 2 aromatic carbocycles. The van der Waals surface area contributed by atoms with Crippen LogP contribution in [0.15, 0.2) is 54.4 Å². The normalized spacial score (nSPS) is 12.0. The van der Waals surface area contributed by atoms with Gasteiger partial charge in [-0.05, 0) is 65.1 Å². The number of benzene rings is 2. The molecule has 3 rings (SSSR count). The molecular formula is C36H50IrNO2-. The molecule has 0 aliphatic rings. The summed E-state index contributed by atoms with van der Waals surface area (Å²) in [6.45, 7) is 21.4. The molecule has 0 fully saturated rings. The number of carbonyl (C=O) groups excluding carboxylic acids is 1. The second-order valence-corrected chi connectivity index (χ2v) is 12.0. The fourth-order valence-electron chi connectivity index (χ4n) is 4.83. The van der Waals surface area contributed by atoms with E-state index in [9.17, 15) is 9.90 Å². The molecule has 0 saturated carbocycles. The van der Waals surface area contributed by atoms with Gasteiger partial charge in [-0.1, -0.05) is 87.4 Å². The van der Waals surface area contributed by atoms with Crippen molar-refractivity contribution < 1.29 is 30.0 Å². The number of ketones is 1. The van der Waals surface area contributed by atoms with E-state index in [1.165, 1.54) is 28.0 Å². The summed E-state index contributed by atoms with van der Waals surface area (Å²) < 4.78 is 0. The van der Waals surface area contributed by atoms with Gasteiger partial charge in [0.1, 0.15) is 0 Å². The minimum absolute atomic E-state index is 0. The number of hydrogen-bond acceptors (Lipinski definition) is 3. The number of aliphatic hydroxyl groups is 1. The van der Waals surface area contributed by atoms with Gasteiger partial charge in [0.05, 0.1) is 5.76 Å². The van der Waals surface area contributed by atoms with Crippen LogP contribution in [0.25, 0.3) is 22.0 Å². The van der Waals surface area contributed by atoms with Crippen LogP contribution in [0, 0.1) is 24.8 Å². The first-order valence-electron chi connectivity index (χ1n) is 14.7.